The number of hydrogen-bond acceptors (Lipinski definition) is 10. The van der Waals surface area contributed by atoms with E-state index >= 15 is 0 Å². The van der Waals surface area contributed by atoms with Crippen LogP contribution >= 0.6 is 0 Å². The van der Waals surface area contributed by atoms with Crippen molar-refractivity contribution < 1.29 is 8.42 Å². The van der Waals surface area contributed by atoms with Crippen molar-refractivity contribution in [1.82, 2.24) is 34.5 Å². The third-order valence-corrected chi connectivity index (χ3v) is 8.20. The molecule has 39 heavy (non-hydrogen) atoms. The first kappa shape index (κ1) is 28.2. The average molecular weight is 551 g/mol. The summed E-state index contributed by atoms with van der Waals surface area (Å²) in [4.78, 5) is 40.5. The highest BCUT2D eigenvalue weighted by atomic mass is 32.2. The number of aromatic nitrogens is 7. The quantitative estimate of drug-likeness (QED) is 0.308. The van der Waals surface area contributed by atoms with Crippen LogP contribution in [0.15, 0.2) is 40.7 Å². The molecule has 0 amide bonds. The van der Waals surface area contributed by atoms with Crippen LogP contribution in [-0.2, 0) is 22.9 Å². The minimum Gasteiger partial charge on any atom is -0.361 e. The Morgan fingerprint density at radius 1 is 1.00 bits per heavy atom. The topological polar surface area (TPSA) is 146 Å². The maximum atomic E-state index is 13.6. The number of nitrogens with zero attached hydrogens (tertiary/aromatic N) is 7. The SMILES string of the molecule is CCC(C)c1ncnc(C)c1-c1ncc2nc(NCc3ccc(S(=O)(=O)CC)nc3)c(=O)n(CC(C)C)c2n1. The number of hydrogen-bond donors (Lipinski definition) is 1. The normalized spacial score (nSPS) is 12.7. The highest BCUT2D eigenvalue weighted by Gasteiger charge is 2.21. The summed E-state index contributed by atoms with van der Waals surface area (Å²) in [6.07, 6.45) is 5.56. The van der Waals surface area contributed by atoms with Crippen LogP contribution in [-0.4, -0.2) is 48.6 Å². The van der Waals surface area contributed by atoms with Crippen molar-refractivity contribution in [1.29, 1.82) is 0 Å². The van der Waals surface area contributed by atoms with Crippen molar-refractivity contribution in [2.45, 2.75) is 72.0 Å². The molecule has 0 saturated carbocycles. The Morgan fingerprint density at radius 2 is 1.77 bits per heavy atom. The van der Waals surface area contributed by atoms with Gasteiger partial charge in [0.2, 0.25) is 0 Å². The molecule has 4 rings (SSSR count). The van der Waals surface area contributed by atoms with Gasteiger partial charge in [0.15, 0.2) is 32.2 Å². The van der Waals surface area contributed by atoms with Crippen LogP contribution in [0.2, 0.25) is 0 Å². The maximum Gasteiger partial charge on any atom is 0.294 e. The van der Waals surface area contributed by atoms with E-state index in [4.69, 9.17) is 4.98 Å². The average Bonchev–Trinajstić information content (AvgIpc) is 2.93. The van der Waals surface area contributed by atoms with E-state index in [9.17, 15) is 13.2 Å². The van der Waals surface area contributed by atoms with Crippen molar-refractivity contribution in [2.24, 2.45) is 5.92 Å². The summed E-state index contributed by atoms with van der Waals surface area (Å²) in [5.74, 6) is 0.962. The van der Waals surface area contributed by atoms with Gasteiger partial charge in [-0.3, -0.25) is 9.36 Å². The van der Waals surface area contributed by atoms with Crippen LogP contribution < -0.4 is 10.9 Å². The van der Waals surface area contributed by atoms with Gasteiger partial charge in [0, 0.05) is 19.3 Å². The molecule has 0 aliphatic rings. The molecule has 0 aromatic carbocycles. The summed E-state index contributed by atoms with van der Waals surface area (Å²) >= 11 is 0. The number of nitrogens with one attached hydrogen (secondary N) is 1. The van der Waals surface area contributed by atoms with Crippen LogP contribution in [0.1, 0.15) is 63.9 Å². The molecule has 4 aromatic rings. The Hall–Kier alpha value is -3.80. The fourth-order valence-corrected chi connectivity index (χ4v) is 4.96. The van der Waals surface area contributed by atoms with Gasteiger partial charge < -0.3 is 5.32 Å². The first-order valence-corrected chi connectivity index (χ1v) is 14.7. The van der Waals surface area contributed by atoms with Gasteiger partial charge in [-0.1, -0.05) is 40.7 Å². The number of aryl methyl sites for hydroxylation is 1. The van der Waals surface area contributed by atoms with Gasteiger partial charge in [-0.05, 0) is 36.8 Å². The Labute approximate surface area is 228 Å². The van der Waals surface area contributed by atoms with Crippen molar-refractivity contribution in [3.63, 3.8) is 0 Å². The van der Waals surface area contributed by atoms with Crippen LogP contribution in [0.5, 0.6) is 0 Å². The molecule has 0 fully saturated rings. The maximum absolute atomic E-state index is 13.6. The Balaban J connectivity index is 1.75. The second-order valence-electron chi connectivity index (χ2n) is 9.96. The minimum atomic E-state index is -3.38. The van der Waals surface area contributed by atoms with Gasteiger partial charge in [-0.2, -0.15) is 0 Å². The third kappa shape index (κ3) is 5.95. The zero-order valence-electron chi connectivity index (χ0n) is 23.1. The molecule has 1 atom stereocenters. The molecule has 0 radical (unpaired) electrons. The molecule has 0 saturated heterocycles. The molecule has 206 valence electrons. The molecule has 0 spiro atoms. The summed E-state index contributed by atoms with van der Waals surface area (Å²) < 4.78 is 25.7. The third-order valence-electron chi connectivity index (χ3n) is 6.56. The molecule has 0 bridgehead atoms. The fourth-order valence-electron chi connectivity index (χ4n) is 4.17. The molecule has 11 nitrogen and oxygen atoms in total. The van der Waals surface area contributed by atoms with E-state index < -0.39 is 9.84 Å². The van der Waals surface area contributed by atoms with E-state index in [0.717, 1.165) is 23.4 Å². The largest absolute Gasteiger partial charge is 0.361 e. The van der Waals surface area contributed by atoms with E-state index in [-0.39, 0.29) is 40.5 Å². The van der Waals surface area contributed by atoms with Crippen molar-refractivity contribution in [3.05, 3.63) is 58.2 Å². The molecule has 1 unspecified atom stereocenters. The van der Waals surface area contributed by atoms with Gasteiger partial charge >= 0.3 is 0 Å². The first-order chi connectivity index (χ1) is 18.6. The van der Waals surface area contributed by atoms with Gasteiger partial charge in [0.05, 0.1) is 28.9 Å². The van der Waals surface area contributed by atoms with Crippen molar-refractivity contribution in [2.75, 3.05) is 11.1 Å². The Morgan fingerprint density at radius 3 is 2.41 bits per heavy atom. The van der Waals surface area contributed by atoms with Gasteiger partial charge in [-0.15, -0.1) is 0 Å². The first-order valence-electron chi connectivity index (χ1n) is 13.1. The summed E-state index contributed by atoms with van der Waals surface area (Å²) in [6.45, 7) is 12.4. The smallest absolute Gasteiger partial charge is 0.294 e. The van der Waals surface area contributed by atoms with Gasteiger partial charge in [0.25, 0.3) is 5.56 Å². The zero-order valence-corrected chi connectivity index (χ0v) is 23.9. The van der Waals surface area contributed by atoms with Gasteiger partial charge in [-0.25, -0.2) is 38.3 Å². The lowest BCUT2D eigenvalue weighted by Gasteiger charge is -2.17. The van der Waals surface area contributed by atoms with Crippen LogP contribution in [0.25, 0.3) is 22.6 Å². The number of pyridine rings is 1. The number of anilines is 1. The van der Waals surface area contributed by atoms with E-state index in [1.54, 1.807) is 30.1 Å². The molecule has 0 aliphatic heterocycles. The molecule has 1 N–H and O–H groups in total. The number of rotatable bonds is 10. The van der Waals surface area contributed by atoms with E-state index in [0.29, 0.717) is 29.1 Å². The predicted octanol–water partition coefficient (Wildman–Crippen LogP) is 3.92. The number of sulfone groups is 1. The minimum absolute atomic E-state index is 0.0202. The monoisotopic (exact) mass is 550 g/mol. The molecule has 0 aliphatic carbocycles. The van der Waals surface area contributed by atoms with Crippen molar-refractivity contribution in [3.8, 4) is 11.4 Å². The van der Waals surface area contributed by atoms with Gasteiger partial charge in [0.1, 0.15) is 11.8 Å². The summed E-state index contributed by atoms with van der Waals surface area (Å²) in [5.41, 5.74) is 3.75. The highest BCUT2D eigenvalue weighted by Crippen LogP contribution is 2.29. The predicted molar refractivity (Wildman–Crippen MR) is 150 cm³/mol. The lowest BCUT2D eigenvalue weighted by molar-refractivity contribution is 0.520. The molecule has 4 aromatic heterocycles. The van der Waals surface area contributed by atoms with Crippen LogP contribution in [0.4, 0.5) is 5.82 Å². The summed E-state index contributed by atoms with van der Waals surface area (Å²) in [6, 6.07) is 3.14. The fraction of sp³-hybridized carbons (Fsp3) is 0.444. The molecule has 4 heterocycles. The van der Waals surface area contributed by atoms with Crippen LogP contribution in [0, 0.1) is 12.8 Å². The Bertz CT molecular complexity index is 1650. The molecule has 12 heteroatoms. The molecular formula is C27H34N8O3S. The lowest BCUT2D eigenvalue weighted by Crippen LogP contribution is -2.28. The summed E-state index contributed by atoms with van der Waals surface area (Å²) in [5, 5.41) is 3.11. The number of fused-ring (bicyclic) bond motifs is 1. The lowest BCUT2D eigenvalue weighted by atomic mass is 9.98. The molecular weight excluding hydrogens is 516 g/mol. The van der Waals surface area contributed by atoms with Crippen LogP contribution in [0.3, 0.4) is 0 Å². The Kier molecular flexibility index (Phi) is 8.34. The highest BCUT2D eigenvalue weighted by molar-refractivity contribution is 7.91. The van der Waals surface area contributed by atoms with E-state index in [2.05, 4.69) is 44.1 Å². The van der Waals surface area contributed by atoms with Crippen molar-refractivity contribution >= 4 is 26.8 Å². The van der Waals surface area contributed by atoms with E-state index in [1.807, 2.05) is 20.8 Å². The standard InChI is InChI=1S/C27H34N8O3S/c1-7-17(5)23-22(18(6)31-15-32-23)24-30-13-20-26(34-24)35(14-16(3)4)27(36)25(33-20)29-12-19-9-10-21(28-11-19)39(37,38)8-2/h9-11,13,15-17H,7-8,12,14H2,1-6H3,(H,29,33). The summed E-state index contributed by atoms with van der Waals surface area (Å²) in [7, 11) is -3.38. The zero-order chi connectivity index (χ0) is 28.3. The van der Waals surface area contributed by atoms with E-state index in [1.165, 1.54) is 12.3 Å². The second-order valence-corrected chi connectivity index (χ2v) is 12.2. The second kappa shape index (κ2) is 11.5.